The molecule has 0 saturated carbocycles. The van der Waals surface area contributed by atoms with Crippen LogP contribution in [0.2, 0.25) is 0 Å². The molecule has 4 nitrogen and oxygen atoms in total. The first-order chi connectivity index (χ1) is 7.20. The summed E-state index contributed by atoms with van der Waals surface area (Å²) in [5.74, 6) is 2.45. The molecule has 1 heterocycles. The molecule has 82 valence electrons. The van der Waals surface area contributed by atoms with Crippen LogP contribution in [0.15, 0.2) is 0 Å². The lowest BCUT2D eigenvalue weighted by Crippen LogP contribution is -2.58. The molecular weight excluding hydrogens is 192 g/mol. The molecule has 4 heteroatoms. The van der Waals surface area contributed by atoms with Crippen molar-refractivity contribution in [1.29, 1.82) is 0 Å². The summed E-state index contributed by atoms with van der Waals surface area (Å²) in [6.07, 6.45) is 7.18. The molecule has 1 unspecified atom stereocenters. The van der Waals surface area contributed by atoms with Gasteiger partial charge in [0.2, 0.25) is 11.8 Å². The minimum Gasteiger partial charge on any atom is -0.345 e. The second-order valence-electron chi connectivity index (χ2n) is 3.54. The third-order valence-electron chi connectivity index (χ3n) is 2.52. The normalized spacial score (nSPS) is 21.1. The third kappa shape index (κ3) is 2.72. The molecule has 0 aromatic carbocycles. The zero-order chi connectivity index (χ0) is 11.3. The number of nitrogens with one attached hydrogen (secondary N) is 1. The van der Waals surface area contributed by atoms with E-state index in [1.807, 2.05) is 6.92 Å². The van der Waals surface area contributed by atoms with E-state index in [2.05, 4.69) is 11.2 Å². The van der Waals surface area contributed by atoms with Gasteiger partial charge in [-0.2, -0.15) is 0 Å². The summed E-state index contributed by atoms with van der Waals surface area (Å²) in [5, 5.41) is 2.58. The van der Waals surface area contributed by atoms with Crippen LogP contribution >= 0.6 is 0 Å². The molecule has 1 fully saturated rings. The van der Waals surface area contributed by atoms with Crippen LogP contribution in [-0.2, 0) is 9.59 Å². The highest BCUT2D eigenvalue weighted by molar-refractivity contribution is 5.94. The number of carbonyl (C=O) groups is 2. The Balaban J connectivity index is 2.59. The van der Waals surface area contributed by atoms with Crippen LogP contribution in [0.1, 0.15) is 26.2 Å². The zero-order valence-corrected chi connectivity index (χ0v) is 8.95. The van der Waals surface area contributed by atoms with E-state index >= 15 is 0 Å². The highest BCUT2D eigenvalue weighted by Crippen LogP contribution is 2.10. The molecule has 1 aliphatic rings. The molecule has 1 N–H and O–H groups in total. The van der Waals surface area contributed by atoms with Gasteiger partial charge in [0, 0.05) is 13.0 Å². The van der Waals surface area contributed by atoms with Crippen molar-refractivity contribution in [3.8, 4) is 12.3 Å². The SMILES string of the molecule is C#CCCCN1C(=O)CNC(=O)C1CC. The molecule has 1 atom stereocenters. The first-order valence-corrected chi connectivity index (χ1v) is 5.21. The van der Waals surface area contributed by atoms with Crippen LogP contribution in [0.4, 0.5) is 0 Å². The fourth-order valence-electron chi connectivity index (χ4n) is 1.74. The molecule has 15 heavy (non-hydrogen) atoms. The van der Waals surface area contributed by atoms with Crippen LogP contribution in [0, 0.1) is 12.3 Å². The maximum absolute atomic E-state index is 11.6. The average Bonchev–Trinajstić information content (AvgIpc) is 2.23. The molecule has 1 saturated heterocycles. The minimum absolute atomic E-state index is 0.0153. The summed E-state index contributed by atoms with van der Waals surface area (Å²) in [4.78, 5) is 24.7. The number of nitrogens with zero attached hydrogens (tertiary/aromatic N) is 1. The van der Waals surface area contributed by atoms with E-state index in [-0.39, 0.29) is 24.4 Å². The molecule has 0 aromatic rings. The van der Waals surface area contributed by atoms with Crippen molar-refractivity contribution < 1.29 is 9.59 Å². The lowest BCUT2D eigenvalue weighted by molar-refractivity contribution is -0.145. The van der Waals surface area contributed by atoms with Gasteiger partial charge in [-0.15, -0.1) is 12.3 Å². The second-order valence-corrected chi connectivity index (χ2v) is 3.54. The van der Waals surface area contributed by atoms with Crippen molar-refractivity contribution in [2.75, 3.05) is 13.1 Å². The zero-order valence-electron chi connectivity index (χ0n) is 8.95. The number of amides is 2. The first-order valence-electron chi connectivity index (χ1n) is 5.21. The van der Waals surface area contributed by atoms with Gasteiger partial charge in [-0.05, 0) is 12.8 Å². The number of hydrogen-bond acceptors (Lipinski definition) is 2. The Morgan fingerprint density at radius 3 is 2.93 bits per heavy atom. The topological polar surface area (TPSA) is 49.4 Å². The quantitative estimate of drug-likeness (QED) is 0.527. The van der Waals surface area contributed by atoms with Crippen LogP contribution in [0.25, 0.3) is 0 Å². The third-order valence-corrected chi connectivity index (χ3v) is 2.52. The van der Waals surface area contributed by atoms with Crippen molar-refractivity contribution in [2.24, 2.45) is 0 Å². The summed E-state index contributed by atoms with van der Waals surface area (Å²) in [7, 11) is 0. The molecule has 0 spiro atoms. The Hall–Kier alpha value is -1.50. The monoisotopic (exact) mass is 208 g/mol. The van der Waals surface area contributed by atoms with Crippen LogP contribution in [0.5, 0.6) is 0 Å². The van der Waals surface area contributed by atoms with E-state index in [1.54, 1.807) is 4.90 Å². The predicted molar refractivity (Wildman–Crippen MR) is 56.9 cm³/mol. The van der Waals surface area contributed by atoms with Crippen molar-refractivity contribution in [3.63, 3.8) is 0 Å². The van der Waals surface area contributed by atoms with Crippen molar-refractivity contribution >= 4 is 11.8 Å². The fraction of sp³-hybridized carbons (Fsp3) is 0.636. The van der Waals surface area contributed by atoms with Crippen molar-refractivity contribution in [2.45, 2.75) is 32.2 Å². The van der Waals surface area contributed by atoms with Gasteiger partial charge in [-0.1, -0.05) is 6.92 Å². The van der Waals surface area contributed by atoms with Gasteiger partial charge in [-0.3, -0.25) is 9.59 Å². The van der Waals surface area contributed by atoms with Crippen LogP contribution < -0.4 is 5.32 Å². The molecule has 0 aliphatic carbocycles. The number of rotatable bonds is 4. The molecule has 1 aliphatic heterocycles. The molecule has 0 radical (unpaired) electrons. The Bertz CT molecular complexity index is 293. The first kappa shape index (κ1) is 11.6. The summed E-state index contributed by atoms with van der Waals surface area (Å²) >= 11 is 0. The Kier molecular flexibility index (Phi) is 4.17. The van der Waals surface area contributed by atoms with Gasteiger partial charge in [0.05, 0.1) is 6.54 Å². The van der Waals surface area contributed by atoms with Gasteiger partial charge >= 0.3 is 0 Å². The van der Waals surface area contributed by atoms with E-state index in [4.69, 9.17) is 6.42 Å². The molecule has 1 rings (SSSR count). The Labute approximate surface area is 90.0 Å². The van der Waals surface area contributed by atoms with Gasteiger partial charge < -0.3 is 10.2 Å². The van der Waals surface area contributed by atoms with Crippen LogP contribution in [-0.4, -0.2) is 35.8 Å². The van der Waals surface area contributed by atoms with E-state index in [1.165, 1.54) is 0 Å². The van der Waals surface area contributed by atoms with Crippen molar-refractivity contribution in [1.82, 2.24) is 10.2 Å². The summed E-state index contributed by atoms with van der Waals surface area (Å²) < 4.78 is 0. The largest absolute Gasteiger partial charge is 0.345 e. The standard InChI is InChI=1S/C11H16N2O2/c1-3-5-6-7-13-9(4-2)11(15)12-8-10(13)14/h1,9H,4-8H2,2H3,(H,12,15). The molecule has 0 aromatic heterocycles. The molecule has 2 amide bonds. The number of unbranched alkanes of at least 4 members (excludes halogenated alkanes) is 1. The van der Waals surface area contributed by atoms with E-state index in [0.717, 1.165) is 6.42 Å². The van der Waals surface area contributed by atoms with E-state index in [0.29, 0.717) is 19.4 Å². The van der Waals surface area contributed by atoms with Gasteiger partial charge in [0.25, 0.3) is 0 Å². The minimum atomic E-state index is -0.316. The van der Waals surface area contributed by atoms with Crippen LogP contribution in [0.3, 0.4) is 0 Å². The maximum atomic E-state index is 11.6. The summed E-state index contributed by atoms with van der Waals surface area (Å²) in [6.45, 7) is 2.59. The number of carbonyl (C=O) groups excluding carboxylic acids is 2. The second kappa shape index (κ2) is 5.40. The predicted octanol–water partition coefficient (Wildman–Crippen LogP) is 0.137. The van der Waals surface area contributed by atoms with E-state index in [9.17, 15) is 9.59 Å². The fourth-order valence-corrected chi connectivity index (χ4v) is 1.74. The van der Waals surface area contributed by atoms with Gasteiger partial charge in [0.1, 0.15) is 6.04 Å². The molecule has 0 bridgehead atoms. The number of piperazine rings is 1. The number of hydrogen-bond donors (Lipinski definition) is 1. The number of terminal acetylenes is 1. The van der Waals surface area contributed by atoms with Crippen molar-refractivity contribution in [3.05, 3.63) is 0 Å². The lowest BCUT2D eigenvalue weighted by Gasteiger charge is -2.34. The molecular formula is C11H16N2O2. The average molecular weight is 208 g/mol. The highest BCUT2D eigenvalue weighted by atomic mass is 16.2. The summed E-state index contributed by atoms with van der Waals surface area (Å²) in [6, 6.07) is -0.316. The maximum Gasteiger partial charge on any atom is 0.243 e. The Morgan fingerprint density at radius 1 is 1.60 bits per heavy atom. The van der Waals surface area contributed by atoms with E-state index < -0.39 is 0 Å². The lowest BCUT2D eigenvalue weighted by atomic mass is 10.1. The van der Waals surface area contributed by atoms with Gasteiger partial charge in [0.15, 0.2) is 0 Å². The smallest absolute Gasteiger partial charge is 0.243 e. The van der Waals surface area contributed by atoms with Gasteiger partial charge in [-0.25, -0.2) is 0 Å². The Morgan fingerprint density at radius 2 is 2.33 bits per heavy atom. The highest BCUT2D eigenvalue weighted by Gasteiger charge is 2.32. The summed E-state index contributed by atoms with van der Waals surface area (Å²) in [5.41, 5.74) is 0.